The minimum Gasteiger partial charge on any atom is -0.493 e. The molecule has 2 N–H and O–H groups in total. The molecule has 5 rings (SSSR count). The summed E-state index contributed by atoms with van der Waals surface area (Å²) in [6, 6.07) is 11.5. The van der Waals surface area contributed by atoms with Crippen LogP contribution in [0.5, 0.6) is 5.75 Å². The van der Waals surface area contributed by atoms with Crippen molar-refractivity contribution >= 4 is 16.8 Å². The Balaban J connectivity index is 1.52. The van der Waals surface area contributed by atoms with Gasteiger partial charge in [-0.3, -0.25) is 14.9 Å². The molecule has 180 valence electrons. The standard InChI is InChI=1S/C27H28FN5O2/c1-3-35-24-12-18(7-8-22(24)17-5-4-6-21(28)11-17)27(34)33(2)26(19-9-10-29-13-19)23-16-30-14-20-15-31-32-25(20)23/h4-8,11-12,14-16,19,26,29H,3,9-10,13H2,1-2H3,(H,31,32)/t19-,26-/m1/s1. The maximum Gasteiger partial charge on any atom is 0.254 e. The summed E-state index contributed by atoms with van der Waals surface area (Å²) < 4.78 is 19.7. The first-order valence-corrected chi connectivity index (χ1v) is 11.8. The molecular weight excluding hydrogens is 445 g/mol. The molecule has 0 spiro atoms. The zero-order chi connectivity index (χ0) is 24.4. The lowest BCUT2D eigenvalue weighted by molar-refractivity contribution is 0.0679. The van der Waals surface area contributed by atoms with Crippen molar-refractivity contribution in [3.05, 3.63) is 78.0 Å². The van der Waals surface area contributed by atoms with Gasteiger partial charge in [0, 0.05) is 48.1 Å². The zero-order valence-electron chi connectivity index (χ0n) is 19.8. The summed E-state index contributed by atoms with van der Waals surface area (Å²) in [5.41, 5.74) is 3.80. The molecule has 1 amide bonds. The first-order valence-electron chi connectivity index (χ1n) is 11.8. The average molecular weight is 474 g/mol. The summed E-state index contributed by atoms with van der Waals surface area (Å²) in [5, 5.41) is 11.6. The maximum absolute atomic E-state index is 13.9. The topological polar surface area (TPSA) is 83.1 Å². The third-order valence-corrected chi connectivity index (χ3v) is 6.65. The van der Waals surface area contributed by atoms with Gasteiger partial charge in [0.05, 0.1) is 24.4 Å². The molecule has 35 heavy (non-hydrogen) atoms. The highest BCUT2D eigenvalue weighted by molar-refractivity contribution is 5.96. The summed E-state index contributed by atoms with van der Waals surface area (Å²) in [6.07, 6.45) is 6.30. The highest BCUT2D eigenvalue weighted by atomic mass is 19.1. The van der Waals surface area contributed by atoms with Gasteiger partial charge in [0.15, 0.2) is 0 Å². The third kappa shape index (κ3) is 4.49. The Hall–Kier alpha value is -3.78. The van der Waals surface area contributed by atoms with Crippen LogP contribution in [0.15, 0.2) is 61.1 Å². The molecule has 2 atom stereocenters. The minimum absolute atomic E-state index is 0.120. The van der Waals surface area contributed by atoms with Crippen molar-refractivity contribution in [2.45, 2.75) is 19.4 Å². The van der Waals surface area contributed by atoms with Gasteiger partial charge in [-0.1, -0.05) is 12.1 Å². The van der Waals surface area contributed by atoms with Gasteiger partial charge in [-0.2, -0.15) is 5.10 Å². The predicted molar refractivity (Wildman–Crippen MR) is 133 cm³/mol. The molecule has 1 aliphatic heterocycles. The largest absolute Gasteiger partial charge is 0.493 e. The quantitative estimate of drug-likeness (QED) is 0.410. The van der Waals surface area contributed by atoms with Gasteiger partial charge in [-0.05, 0) is 61.7 Å². The number of hydrogen-bond acceptors (Lipinski definition) is 5. The number of halogens is 1. The van der Waals surface area contributed by atoms with E-state index in [-0.39, 0.29) is 23.7 Å². The van der Waals surface area contributed by atoms with E-state index in [9.17, 15) is 9.18 Å². The molecule has 8 heteroatoms. The smallest absolute Gasteiger partial charge is 0.254 e. The number of carbonyl (C=O) groups is 1. The number of pyridine rings is 1. The second-order valence-corrected chi connectivity index (χ2v) is 8.83. The molecule has 3 heterocycles. The van der Waals surface area contributed by atoms with Crippen LogP contribution in [0.4, 0.5) is 4.39 Å². The molecule has 1 saturated heterocycles. The predicted octanol–water partition coefficient (Wildman–Crippen LogP) is 4.59. The highest BCUT2D eigenvalue weighted by Crippen LogP contribution is 2.37. The van der Waals surface area contributed by atoms with Crippen LogP contribution in [0.3, 0.4) is 0 Å². The number of aromatic nitrogens is 3. The van der Waals surface area contributed by atoms with Crippen molar-refractivity contribution < 1.29 is 13.9 Å². The van der Waals surface area contributed by atoms with Gasteiger partial charge in [-0.25, -0.2) is 4.39 Å². The van der Waals surface area contributed by atoms with Crippen LogP contribution in [0.25, 0.3) is 22.0 Å². The van der Waals surface area contributed by atoms with Crippen LogP contribution in [0.2, 0.25) is 0 Å². The molecule has 1 aliphatic rings. The van der Waals surface area contributed by atoms with E-state index in [1.165, 1.54) is 12.1 Å². The van der Waals surface area contributed by atoms with E-state index in [4.69, 9.17) is 4.74 Å². The van der Waals surface area contributed by atoms with Crippen molar-refractivity contribution in [3.63, 3.8) is 0 Å². The number of fused-ring (bicyclic) bond motifs is 1. The van der Waals surface area contributed by atoms with Gasteiger partial charge < -0.3 is 15.0 Å². The number of H-pyrrole nitrogens is 1. The lowest BCUT2D eigenvalue weighted by Gasteiger charge is -2.33. The van der Waals surface area contributed by atoms with E-state index >= 15 is 0 Å². The van der Waals surface area contributed by atoms with Crippen molar-refractivity contribution in [1.82, 2.24) is 25.4 Å². The summed E-state index contributed by atoms with van der Waals surface area (Å²) in [6.45, 7) is 4.04. The first kappa shape index (κ1) is 23.0. The van der Waals surface area contributed by atoms with Gasteiger partial charge in [-0.15, -0.1) is 0 Å². The van der Waals surface area contributed by atoms with Crippen molar-refractivity contribution in [2.24, 2.45) is 5.92 Å². The zero-order valence-corrected chi connectivity index (χ0v) is 19.8. The fourth-order valence-corrected chi connectivity index (χ4v) is 4.99. The normalized spacial score (nSPS) is 16.4. The fourth-order valence-electron chi connectivity index (χ4n) is 4.99. The van der Waals surface area contributed by atoms with E-state index in [1.807, 2.05) is 32.3 Å². The number of benzene rings is 2. The Morgan fingerprint density at radius 1 is 1.23 bits per heavy atom. The number of rotatable bonds is 7. The number of hydrogen-bond donors (Lipinski definition) is 2. The SMILES string of the molecule is CCOc1cc(C(=O)N(C)[C@@H](c2cncc3cn[nH]c23)[C@@H]2CCNC2)ccc1-c1cccc(F)c1. The van der Waals surface area contributed by atoms with Crippen LogP contribution in [-0.2, 0) is 0 Å². The van der Waals surface area contributed by atoms with Crippen LogP contribution >= 0.6 is 0 Å². The molecule has 4 aromatic rings. The molecule has 0 radical (unpaired) electrons. The second-order valence-electron chi connectivity index (χ2n) is 8.83. The number of ether oxygens (including phenoxy) is 1. The summed E-state index contributed by atoms with van der Waals surface area (Å²) in [7, 11) is 1.83. The number of aromatic amines is 1. The molecule has 0 aliphatic carbocycles. The lowest BCUT2D eigenvalue weighted by atomic mass is 9.90. The average Bonchev–Trinajstić information content (AvgIpc) is 3.57. The monoisotopic (exact) mass is 473 g/mol. The van der Waals surface area contributed by atoms with Crippen LogP contribution < -0.4 is 10.1 Å². The molecule has 0 saturated carbocycles. The van der Waals surface area contributed by atoms with E-state index in [2.05, 4.69) is 20.5 Å². The van der Waals surface area contributed by atoms with Crippen LogP contribution in [0, 0.1) is 11.7 Å². The molecule has 2 aromatic heterocycles. The van der Waals surface area contributed by atoms with Gasteiger partial charge in [0.1, 0.15) is 11.6 Å². The van der Waals surface area contributed by atoms with Crippen molar-refractivity contribution in [2.75, 3.05) is 26.7 Å². The van der Waals surface area contributed by atoms with Crippen molar-refractivity contribution in [1.29, 1.82) is 0 Å². The number of nitrogens with zero attached hydrogens (tertiary/aromatic N) is 3. The van der Waals surface area contributed by atoms with E-state index < -0.39 is 0 Å². The van der Waals surface area contributed by atoms with E-state index in [0.29, 0.717) is 23.5 Å². The molecule has 7 nitrogen and oxygen atoms in total. The van der Waals surface area contributed by atoms with Crippen LogP contribution in [-0.4, -0.2) is 52.7 Å². The maximum atomic E-state index is 13.9. The van der Waals surface area contributed by atoms with Gasteiger partial charge >= 0.3 is 0 Å². The second kappa shape index (κ2) is 9.84. The first-order chi connectivity index (χ1) is 17.1. The Morgan fingerprint density at radius 2 is 2.11 bits per heavy atom. The Labute approximate surface area is 203 Å². The highest BCUT2D eigenvalue weighted by Gasteiger charge is 2.34. The van der Waals surface area contributed by atoms with E-state index in [1.54, 1.807) is 35.5 Å². The number of amides is 1. The molecule has 1 fully saturated rings. The number of nitrogens with one attached hydrogen (secondary N) is 2. The summed E-state index contributed by atoms with van der Waals surface area (Å²) in [5.74, 6) is 0.343. The van der Waals surface area contributed by atoms with E-state index in [0.717, 1.165) is 41.5 Å². The Kier molecular flexibility index (Phi) is 6.46. The number of carbonyl (C=O) groups excluding carboxylic acids is 1. The molecule has 0 bridgehead atoms. The van der Waals surface area contributed by atoms with Crippen LogP contribution in [0.1, 0.15) is 35.3 Å². The minimum atomic E-state index is -0.320. The summed E-state index contributed by atoms with van der Waals surface area (Å²) >= 11 is 0. The Morgan fingerprint density at radius 3 is 2.89 bits per heavy atom. The molecule has 2 aromatic carbocycles. The Bertz CT molecular complexity index is 1350. The summed E-state index contributed by atoms with van der Waals surface area (Å²) in [4.78, 5) is 20.0. The molecule has 0 unspecified atom stereocenters. The third-order valence-electron chi connectivity index (χ3n) is 6.65. The van der Waals surface area contributed by atoms with Gasteiger partial charge in [0.25, 0.3) is 5.91 Å². The van der Waals surface area contributed by atoms with Crippen molar-refractivity contribution in [3.8, 4) is 16.9 Å². The fraction of sp³-hybridized carbons (Fsp3) is 0.296. The lowest BCUT2D eigenvalue weighted by Crippen LogP contribution is -2.36. The van der Waals surface area contributed by atoms with Gasteiger partial charge in [0.2, 0.25) is 0 Å². The molecular formula is C27H28FN5O2.